The first kappa shape index (κ1) is 22.6. The molecule has 0 unspecified atom stereocenters. The van der Waals surface area contributed by atoms with Gasteiger partial charge < -0.3 is 4.74 Å². The van der Waals surface area contributed by atoms with E-state index < -0.39 is 5.97 Å². The lowest BCUT2D eigenvalue weighted by Crippen LogP contribution is -2.15. The fourth-order valence-corrected chi connectivity index (χ4v) is 3.55. The Kier molecular flexibility index (Phi) is 7.83. The summed E-state index contributed by atoms with van der Waals surface area (Å²) in [5, 5.41) is 0. The van der Waals surface area contributed by atoms with Crippen LogP contribution in [-0.4, -0.2) is 24.6 Å². The van der Waals surface area contributed by atoms with E-state index in [0.29, 0.717) is 26.0 Å². The van der Waals surface area contributed by atoms with Crippen LogP contribution in [-0.2, 0) is 9.53 Å². The first-order chi connectivity index (χ1) is 15.0. The molecule has 0 aromatic heterocycles. The smallest absolute Gasteiger partial charge is 0.352 e. The molecule has 3 rings (SSSR count). The third kappa shape index (κ3) is 5.73. The number of carbonyl (C=O) groups excluding carboxylic acids is 2. The van der Waals surface area contributed by atoms with Gasteiger partial charge in [-0.2, -0.15) is 0 Å². The first-order valence-electron chi connectivity index (χ1n) is 9.46. The summed E-state index contributed by atoms with van der Waals surface area (Å²) in [4.78, 5) is 29.7. The van der Waals surface area contributed by atoms with Crippen molar-refractivity contribution in [2.75, 3.05) is 7.11 Å². The highest BCUT2D eigenvalue weighted by Crippen LogP contribution is 2.26. The molecule has 31 heavy (non-hydrogen) atoms. The summed E-state index contributed by atoms with van der Waals surface area (Å²) in [6.07, 6.45) is 1.82. The molecule has 0 radical (unpaired) electrons. The molecule has 4 nitrogen and oxygen atoms in total. The molecule has 0 aliphatic heterocycles. The molecule has 6 heteroatoms. The molecular formula is C25H19FINO3. The third-order valence-corrected chi connectivity index (χ3v) is 5.49. The summed E-state index contributed by atoms with van der Waals surface area (Å²) in [5.74, 6) is -1.16. The van der Waals surface area contributed by atoms with Crippen molar-refractivity contribution in [2.45, 2.75) is 6.42 Å². The molecular weight excluding hydrogens is 508 g/mol. The highest BCUT2D eigenvalue weighted by molar-refractivity contribution is 14.1. The molecule has 0 atom stereocenters. The Morgan fingerprint density at radius 1 is 0.935 bits per heavy atom. The number of hydrogen-bond donors (Lipinski definition) is 0. The molecule has 0 aliphatic carbocycles. The van der Waals surface area contributed by atoms with Crippen molar-refractivity contribution in [3.05, 3.63) is 107 Å². The van der Waals surface area contributed by atoms with Gasteiger partial charge in [0.05, 0.1) is 12.8 Å². The number of ketones is 1. The predicted molar refractivity (Wildman–Crippen MR) is 128 cm³/mol. The molecule has 0 heterocycles. The van der Waals surface area contributed by atoms with Gasteiger partial charge in [-0.3, -0.25) is 4.79 Å². The summed E-state index contributed by atoms with van der Waals surface area (Å²) in [6, 6.07) is 22.1. The van der Waals surface area contributed by atoms with Crippen LogP contribution in [0.5, 0.6) is 0 Å². The van der Waals surface area contributed by atoms with Gasteiger partial charge in [0.25, 0.3) is 0 Å². The van der Waals surface area contributed by atoms with Gasteiger partial charge in [0.2, 0.25) is 0 Å². The van der Waals surface area contributed by atoms with Gasteiger partial charge >= 0.3 is 5.97 Å². The van der Waals surface area contributed by atoms with Crippen LogP contribution in [0.1, 0.15) is 27.9 Å². The van der Waals surface area contributed by atoms with Crippen molar-refractivity contribution < 1.29 is 18.7 Å². The van der Waals surface area contributed by atoms with E-state index in [1.807, 2.05) is 28.7 Å². The van der Waals surface area contributed by atoms with Crippen molar-refractivity contribution in [2.24, 2.45) is 4.99 Å². The molecule has 3 aromatic rings. The van der Waals surface area contributed by atoms with Gasteiger partial charge in [0, 0.05) is 26.7 Å². The molecule has 3 aromatic carbocycles. The Labute approximate surface area is 193 Å². The molecule has 0 amide bonds. The van der Waals surface area contributed by atoms with Crippen LogP contribution in [0.15, 0.2) is 89.9 Å². The molecule has 0 bridgehead atoms. The lowest BCUT2D eigenvalue weighted by molar-refractivity contribution is -0.132. The standard InChI is InChI=1S/C25H19FINO3/c1-31-25(30)23(16-15-21(27)18-11-5-7-13-20(18)26)28-22-14-8-6-12-19(22)24(29)17-9-3-2-4-10-17/h2-15H,16H2,1H3. The van der Waals surface area contributed by atoms with Gasteiger partial charge in [-0.1, -0.05) is 66.7 Å². The van der Waals surface area contributed by atoms with E-state index in [1.165, 1.54) is 13.2 Å². The fourth-order valence-electron chi connectivity index (χ4n) is 2.90. The number of para-hydroxylation sites is 1. The SMILES string of the molecule is COC(=O)C(CC=C(I)c1ccccc1F)=Nc1ccccc1C(=O)c1ccccc1. The second-order valence-electron chi connectivity index (χ2n) is 6.50. The van der Waals surface area contributed by atoms with Gasteiger partial charge in [0.1, 0.15) is 11.5 Å². The average Bonchev–Trinajstić information content (AvgIpc) is 2.81. The zero-order chi connectivity index (χ0) is 22.2. The highest BCUT2D eigenvalue weighted by Gasteiger charge is 2.16. The largest absolute Gasteiger partial charge is 0.465 e. The minimum Gasteiger partial charge on any atom is -0.465 e. The van der Waals surface area contributed by atoms with E-state index in [-0.39, 0.29) is 23.7 Å². The number of allylic oxidation sites excluding steroid dienone is 1. The third-order valence-electron chi connectivity index (χ3n) is 4.47. The monoisotopic (exact) mass is 527 g/mol. The number of aliphatic imine (C=N–C) groups is 1. The number of ether oxygens (including phenoxy) is 1. The van der Waals surface area contributed by atoms with E-state index >= 15 is 0 Å². The fraction of sp³-hybridized carbons (Fsp3) is 0.0800. The molecule has 0 N–H and O–H groups in total. The van der Waals surface area contributed by atoms with Crippen LogP contribution >= 0.6 is 22.6 Å². The lowest BCUT2D eigenvalue weighted by atomic mass is 10.0. The number of carbonyl (C=O) groups is 2. The van der Waals surface area contributed by atoms with Gasteiger partial charge in [-0.15, -0.1) is 0 Å². The van der Waals surface area contributed by atoms with Gasteiger partial charge in [0.15, 0.2) is 5.78 Å². The normalized spacial score (nSPS) is 11.8. The topological polar surface area (TPSA) is 55.7 Å². The van der Waals surface area contributed by atoms with E-state index in [9.17, 15) is 14.0 Å². The van der Waals surface area contributed by atoms with E-state index in [2.05, 4.69) is 4.99 Å². The Hall–Kier alpha value is -3.13. The summed E-state index contributed by atoms with van der Waals surface area (Å²) in [5.41, 5.74) is 1.82. The number of methoxy groups -OCH3 is 1. The molecule has 0 spiro atoms. The number of hydrogen-bond acceptors (Lipinski definition) is 4. The number of nitrogens with zero attached hydrogens (tertiary/aromatic N) is 1. The molecule has 0 fully saturated rings. The van der Waals surface area contributed by atoms with E-state index in [1.54, 1.807) is 72.8 Å². The minimum atomic E-state index is -0.615. The van der Waals surface area contributed by atoms with Crippen molar-refractivity contribution >= 4 is 49.3 Å². The van der Waals surface area contributed by atoms with Crippen LogP contribution in [0.25, 0.3) is 3.58 Å². The zero-order valence-corrected chi connectivity index (χ0v) is 18.9. The average molecular weight is 527 g/mol. The maximum absolute atomic E-state index is 14.0. The summed E-state index contributed by atoms with van der Waals surface area (Å²) in [7, 11) is 1.27. The molecule has 0 saturated heterocycles. The second kappa shape index (κ2) is 10.8. The quantitative estimate of drug-likeness (QED) is 0.160. The maximum atomic E-state index is 14.0. The zero-order valence-electron chi connectivity index (χ0n) is 16.7. The number of rotatable bonds is 7. The van der Waals surface area contributed by atoms with Crippen molar-refractivity contribution in [1.29, 1.82) is 0 Å². The molecule has 156 valence electrons. The number of esters is 1. The van der Waals surface area contributed by atoms with Crippen LogP contribution in [0, 0.1) is 5.82 Å². The van der Waals surface area contributed by atoms with Gasteiger partial charge in [-0.05, 0) is 40.8 Å². The first-order valence-corrected chi connectivity index (χ1v) is 10.5. The summed E-state index contributed by atoms with van der Waals surface area (Å²) in [6.45, 7) is 0. The Morgan fingerprint density at radius 3 is 2.23 bits per heavy atom. The number of benzene rings is 3. The van der Waals surface area contributed by atoms with Crippen molar-refractivity contribution in [3.8, 4) is 0 Å². The van der Waals surface area contributed by atoms with E-state index in [0.717, 1.165) is 0 Å². The Balaban J connectivity index is 1.96. The van der Waals surface area contributed by atoms with Crippen LogP contribution in [0.3, 0.4) is 0 Å². The Bertz CT molecular complexity index is 1160. The lowest BCUT2D eigenvalue weighted by Gasteiger charge is -2.08. The van der Waals surface area contributed by atoms with Crippen LogP contribution in [0.4, 0.5) is 10.1 Å². The van der Waals surface area contributed by atoms with Gasteiger partial charge in [-0.25, -0.2) is 14.2 Å². The second-order valence-corrected chi connectivity index (χ2v) is 7.66. The van der Waals surface area contributed by atoms with Crippen molar-refractivity contribution in [1.82, 2.24) is 0 Å². The van der Waals surface area contributed by atoms with E-state index in [4.69, 9.17) is 4.74 Å². The molecule has 0 saturated carbocycles. The Morgan fingerprint density at radius 2 is 1.55 bits per heavy atom. The van der Waals surface area contributed by atoms with Crippen LogP contribution in [0.2, 0.25) is 0 Å². The summed E-state index contributed by atoms with van der Waals surface area (Å²) >= 11 is 2.02. The predicted octanol–water partition coefficient (Wildman–Crippen LogP) is 6.17. The minimum absolute atomic E-state index is 0.112. The molecule has 0 aliphatic rings. The highest BCUT2D eigenvalue weighted by atomic mass is 127. The number of halogens is 2. The maximum Gasteiger partial charge on any atom is 0.352 e. The van der Waals surface area contributed by atoms with Crippen molar-refractivity contribution in [3.63, 3.8) is 0 Å². The van der Waals surface area contributed by atoms with Crippen LogP contribution < -0.4 is 0 Å². The summed E-state index contributed by atoms with van der Waals surface area (Å²) < 4.78 is 19.5.